The fraction of sp³-hybridized carbons (Fsp3) is 0.857. The first-order valence-electron chi connectivity index (χ1n) is 10.2. The molecule has 0 N–H and O–H groups in total. The number of hydrogen-bond acceptors (Lipinski definition) is 1. The predicted octanol–water partition coefficient (Wildman–Crippen LogP) is 6.14. The van der Waals surface area contributed by atoms with E-state index in [-0.39, 0.29) is 5.41 Å². The van der Waals surface area contributed by atoms with E-state index in [2.05, 4.69) is 32.2 Å². The average molecular weight is 333 g/mol. The highest BCUT2D eigenvalue weighted by atomic mass is 28.3. The monoisotopic (exact) mass is 332 g/mol. The van der Waals surface area contributed by atoms with Gasteiger partial charge in [0.1, 0.15) is 8.07 Å². The van der Waals surface area contributed by atoms with Gasteiger partial charge in [0.25, 0.3) is 0 Å². The third kappa shape index (κ3) is 4.30. The molecule has 0 heterocycles. The van der Waals surface area contributed by atoms with Gasteiger partial charge in [-0.25, -0.2) is 0 Å². The van der Waals surface area contributed by atoms with Crippen molar-refractivity contribution in [2.45, 2.75) is 103 Å². The van der Waals surface area contributed by atoms with E-state index in [0.717, 1.165) is 25.7 Å². The predicted molar refractivity (Wildman–Crippen MR) is 102 cm³/mol. The summed E-state index contributed by atoms with van der Waals surface area (Å²) in [6, 6.07) is 3.71. The maximum atomic E-state index is 13.4. The van der Waals surface area contributed by atoms with E-state index in [1.807, 2.05) is 0 Å². The van der Waals surface area contributed by atoms with Crippen LogP contribution < -0.4 is 0 Å². The minimum atomic E-state index is -1.46. The van der Waals surface area contributed by atoms with E-state index < -0.39 is 8.07 Å². The van der Waals surface area contributed by atoms with Crippen molar-refractivity contribution in [2.24, 2.45) is 11.3 Å². The Morgan fingerprint density at radius 1 is 0.913 bits per heavy atom. The van der Waals surface area contributed by atoms with Gasteiger partial charge in [-0.3, -0.25) is 4.79 Å². The highest BCUT2D eigenvalue weighted by molar-refractivity contribution is 6.87. The lowest BCUT2D eigenvalue weighted by Crippen LogP contribution is -2.39. The molecule has 0 unspecified atom stereocenters. The molecular formula is C21H36OSi. The zero-order chi connectivity index (χ0) is 16.8. The largest absolute Gasteiger partial charge is 0.298 e. The molecule has 0 aromatic carbocycles. The Kier molecular flexibility index (Phi) is 6.95. The zero-order valence-electron chi connectivity index (χ0n) is 15.7. The number of carbonyl (C=O) groups is 1. The fourth-order valence-electron chi connectivity index (χ4n) is 4.61. The van der Waals surface area contributed by atoms with Crippen molar-refractivity contribution in [3.05, 3.63) is 0 Å². The minimum absolute atomic E-state index is 0.266. The van der Waals surface area contributed by atoms with E-state index in [4.69, 9.17) is 0 Å². The van der Waals surface area contributed by atoms with Crippen molar-refractivity contribution in [1.29, 1.82) is 0 Å². The molecule has 23 heavy (non-hydrogen) atoms. The van der Waals surface area contributed by atoms with Crippen molar-refractivity contribution in [2.75, 3.05) is 0 Å². The Labute approximate surface area is 145 Å². The highest BCUT2D eigenvalue weighted by Gasteiger charge is 2.42. The summed E-state index contributed by atoms with van der Waals surface area (Å²) in [6.45, 7) is 6.93. The summed E-state index contributed by atoms with van der Waals surface area (Å²) in [7, 11) is -1.46. The van der Waals surface area contributed by atoms with Gasteiger partial charge < -0.3 is 0 Å². The lowest BCUT2D eigenvalue weighted by Gasteiger charge is -2.36. The van der Waals surface area contributed by atoms with Gasteiger partial charge in [0.2, 0.25) is 0 Å². The first-order chi connectivity index (χ1) is 11.1. The van der Waals surface area contributed by atoms with E-state index in [1.54, 1.807) is 0 Å². The van der Waals surface area contributed by atoms with Crippen LogP contribution in [0.5, 0.6) is 0 Å². The van der Waals surface area contributed by atoms with Gasteiger partial charge in [-0.05, 0) is 43.8 Å². The molecule has 2 heteroatoms. The molecule has 0 spiro atoms. The van der Waals surface area contributed by atoms with E-state index in [0.29, 0.717) is 11.7 Å². The maximum Gasteiger partial charge on any atom is 0.153 e. The quantitative estimate of drug-likeness (QED) is 0.436. The molecule has 0 aromatic rings. The van der Waals surface area contributed by atoms with Crippen LogP contribution in [0.1, 0.15) is 85.0 Å². The Hall–Kier alpha value is -0.553. The zero-order valence-corrected chi connectivity index (χ0v) is 16.7. The average Bonchev–Trinajstić information content (AvgIpc) is 2.64. The Balaban J connectivity index is 2.27. The first kappa shape index (κ1) is 18.8. The van der Waals surface area contributed by atoms with Gasteiger partial charge in [-0.2, -0.15) is 0 Å². The van der Waals surface area contributed by atoms with Crippen LogP contribution in [0.4, 0.5) is 0 Å². The van der Waals surface area contributed by atoms with Gasteiger partial charge in [0.15, 0.2) is 5.78 Å². The number of ketones is 1. The molecular weight excluding hydrogens is 296 g/mol. The Morgan fingerprint density at radius 3 is 1.96 bits per heavy atom. The van der Waals surface area contributed by atoms with Gasteiger partial charge in [-0.1, -0.05) is 65.2 Å². The molecule has 0 amide bonds. The van der Waals surface area contributed by atoms with Crippen LogP contribution in [0, 0.1) is 22.8 Å². The second-order valence-corrected chi connectivity index (χ2v) is 12.9. The van der Waals surface area contributed by atoms with Crippen molar-refractivity contribution >= 4 is 13.9 Å². The standard InChI is InChI=1S/C21H36OSi/c1-4-23(5-2,6-3)18-17-21(15-11-8-12-16-21)20(22)19-13-9-7-10-14-19/h19H,4-16H2,1-3H3. The Morgan fingerprint density at radius 2 is 1.43 bits per heavy atom. The SMILES string of the molecule is CC[Si](C#CC1(C(=O)C2CCCCC2)CCCCC1)(CC)CC. The molecule has 0 radical (unpaired) electrons. The number of Topliss-reactive ketones (excluding diaryl/α,β-unsaturated/α-hetero) is 1. The van der Waals surface area contributed by atoms with Crippen molar-refractivity contribution in [3.63, 3.8) is 0 Å². The van der Waals surface area contributed by atoms with Crippen LogP contribution in [0.15, 0.2) is 0 Å². The summed E-state index contributed by atoms with van der Waals surface area (Å²) in [5.74, 6) is 4.54. The molecule has 2 fully saturated rings. The molecule has 1 nitrogen and oxygen atoms in total. The molecule has 2 rings (SSSR count). The fourth-order valence-corrected chi connectivity index (χ4v) is 7.15. The summed E-state index contributed by atoms with van der Waals surface area (Å²) in [6.07, 6.45) is 11.8. The summed E-state index contributed by atoms with van der Waals surface area (Å²) < 4.78 is 0. The van der Waals surface area contributed by atoms with E-state index in [9.17, 15) is 4.79 Å². The van der Waals surface area contributed by atoms with Crippen LogP contribution in [0.2, 0.25) is 18.1 Å². The lowest BCUT2D eigenvalue weighted by atomic mass is 9.66. The number of rotatable bonds is 5. The summed E-state index contributed by atoms with van der Waals surface area (Å²) in [5.41, 5.74) is 3.52. The van der Waals surface area contributed by atoms with Crippen LogP contribution >= 0.6 is 0 Å². The van der Waals surface area contributed by atoms with E-state index >= 15 is 0 Å². The van der Waals surface area contributed by atoms with Gasteiger partial charge in [0.05, 0.1) is 5.41 Å². The van der Waals surface area contributed by atoms with Gasteiger partial charge >= 0.3 is 0 Å². The van der Waals surface area contributed by atoms with Crippen molar-refractivity contribution in [3.8, 4) is 11.5 Å². The first-order valence-corrected chi connectivity index (χ1v) is 12.8. The second-order valence-electron chi connectivity index (χ2n) is 7.93. The number of hydrogen-bond donors (Lipinski definition) is 0. The number of carbonyl (C=O) groups excluding carboxylic acids is 1. The molecule has 0 bridgehead atoms. The lowest BCUT2D eigenvalue weighted by molar-refractivity contribution is -0.132. The Bertz CT molecular complexity index is 432. The maximum absolute atomic E-state index is 13.4. The van der Waals surface area contributed by atoms with Crippen molar-refractivity contribution in [1.82, 2.24) is 0 Å². The van der Waals surface area contributed by atoms with Crippen LogP contribution in [-0.4, -0.2) is 13.9 Å². The molecule has 0 aromatic heterocycles. The van der Waals surface area contributed by atoms with Gasteiger partial charge in [0, 0.05) is 5.92 Å². The van der Waals surface area contributed by atoms with Crippen molar-refractivity contribution < 1.29 is 4.79 Å². The van der Waals surface area contributed by atoms with Gasteiger partial charge in [-0.15, -0.1) is 5.54 Å². The molecule has 2 aliphatic rings. The molecule has 2 saturated carbocycles. The molecule has 130 valence electrons. The molecule has 0 aliphatic heterocycles. The summed E-state index contributed by atoms with van der Waals surface area (Å²) in [4.78, 5) is 13.4. The normalized spacial score (nSPS) is 22.2. The van der Waals surface area contributed by atoms with Crippen LogP contribution in [-0.2, 0) is 4.79 Å². The smallest absolute Gasteiger partial charge is 0.153 e. The van der Waals surface area contributed by atoms with Crippen LogP contribution in [0.25, 0.3) is 0 Å². The molecule has 0 atom stereocenters. The summed E-state index contributed by atoms with van der Waals surface area (Å²) >= 11 is 0. The summed E-state index contributed by atoms with van der Waals surface area (Å²) in [5, 5.41) is 0. The third-order valence-corrected chi connectivity index (χ3v) is 11.5. The minimum Gasteiger partial charge on any atom is -0.298 e. The molecule has 2 aliphatic carbocycles. The van der Waals surface area contributed by atoms with E-state index in [1.165, 1.54) is 56.7 Å². The molecule has 0 saturated heterocycles. The highest BCUT2D eigenvalue weighted by Crippen LogP contribution is 2.41. The third-order valence-electron chi connectivity index (χ3n) is 6.75. The van der Waals surface area contributed by atoms with Crippen LogP contribution in [0.3, 0.4) is 0 Å². The topological polar surface area (TPSA) is 17.1 Å². The second kappa shape index (κ2) is 8.52.